The molecule has 0 spiro atoms. The average molecular weight is 228 g/mol. The maximum atomic E-state index is 11.3. The van der Waals surface area contributed by atoms with Gasteiger partial charge in [-0.3, -0.25) is 0 Å². The summed E-state index contributed by atoms with van der Waals surface area (Å²) in [6.45, 7) is 9.10. The highest BCUT2D eigenvalue weighted by atomic mass is 16.7. The molecule has 16 heavy (non-hydrogen) atoms. The molecule has 1 rings (SSSR count). The lowest BCUT2D eigenvalue weighted by Gasteiger charge is -2.38. The van der Waals surface area contributed by atoms with E-state index < -0.39 is 6.16 Å². The molecule has 3 nitrogen and oxygen atoms in total. The summed E-state index contributed by atoms with van der Waals surface area (Å²) in [5.41, 5.74) is 0.271. The summed E-state index contributed by atoms with van der Waals surface area (Å²) in [7, 11) is 0. The third-order valence-electron chi connectivity index (χ3n) is 3.03. The van der Waals surface area contributed by atoms with Gasteiger partial charge in [-0.1, -0.05) is 27.7 Å². The van der Waals surface area contributed by atoms with E-state index in [1.54, 1.807) is 0 Å². The predicted molar refractivity (Wildman–Crippen MR) is 63.3 cm³/mol. The van der Waals surface area contributed by atoms with Crippen molar-refractivity contribution in [2.45, 2.75) is 59.5 Å². The van der Waals surface area contributed by atoms with Crippen LogP contribution < -0.4 is 0 Å². The maximum absolute atomic E-state index is 11.3. The first-order chi connectivity index (χ1) is 7.43. The Hall–Kier alpha value is -0.730. The minimum atomic E-state index is -0.503. The Balaban J connectivity index is 2.39. The number of carbonyl (C=O) groups excluding carboxylic acids is 1. The third-order valence-corrected chi connectivity index (χ3v) is 3.03. The zero-order valence-electron chi connectivity index (χ0n) is 10.9. The van der Waals surface area contributed by atoms with Gasteiger partial charge < -0.3 is 9.47 Å². The molecule has 0 amide bonds. The van der Waals surface area contributed by atoms with Gasteiger partial charge in [-0.05, 0) is 37.0 Å². The van der Waals surface area contributed by atoms with Gasteiger partial charge in [-0.15, -0.1) is 0 Å². The monoisotopic (exact) mass is 228 g/mol. The van der Waals surface area contributed by atoms with Crippen LogP contribution in [0.2, 0.25) is 0 Å². The molecule has 0 heterocycles. The van der Waals surface area contributed by atoms with E-state index >= 15 is 0 Å². The highest BCUT2D eigenvalue weighted by Crippen LogP contribution is 2.39. The Labute approximate surface area is 98.5 Å². The van der Waals surface area contributed by atoms with E-state index in [4.69, 9.17) is 9.47 Å². The Kier molecular flexibility index (Phi) is 4.63. The first-order valence-electron chi connectivity index (χ1n) is 6.26. The van der Waals surface area contributed by atoms with Crippen LogP contribution in [0.15, 0.2) is 0 Å². The molecular formula is C13H24O3. The summed E-state index contributed by atoms with van der Waals surface area (Å²) in [5, 5.41) is 0. The van der Waals surface area contributed by atoms with E-state index in [0.29, 0.717) is 12.5 Å². The van der Waals surface area contributed by atoms with Crippen LogP contribution in [0.25, 0.3) is 0 Å². The van der Waals surface area contributed by atoms with Gasteiger partial charge in [0.15, 0.2) is 0 Å². The maximum Gasteiger partial charge on any atom is 0.508 e. The Morgan fingerprint density at radius 1 is 1.38 bits per heavy atom. The van der Waals surface area contributed by atoms with Crippen molar-refractivity contribution in [3.8, 4) is 0 Å². The summed E-state index contributed by atoms with van der Waals surface area (Å²) in [6.07, 6.45) is 3.47. The first kappa shape index (κ1) is 13.3. The van der Waals surface area contributed by atoms with Gasteiger partial charge in [-0.2, -0.15) is 0 Å². The fraction of sp³-hybridized carbons (Fsp3) is 0.923. The van der Waals surface area contributed by atoms with Crippen molar-refractivity contribution in [1.82, 2.24) is 0 Å². The molecule has 0 aromatic rings. The van der Waals surface area contributed by atoms with Gasteiger partial charge in [0, 0.05) is 0 Å². The van der Waals surface area contributed by atoms with Crippen LogP contribution in [0.3, 0.4) is 0 Å². The molecule has 0 aliphatic heterocycles. The van der Waals surface area contributed by atoms with E-state index in [9.17, 15) is 4.79 Å². The van der Waals surface area contributed by atoms with Crippen molar-refractivity contribution in [2.75, 3.05) is 6.61 Å². The van der Waals surface area contributed by atoms with Gasteiger partial charge in [0.1, 0.15) is 6.10 Å². The van der Waals surface area contributed by atoms with Crippen molar-refractivity contribution >= 4 is 6.16 Å². The molecule has 3 heteroatoms. The summed E-state index contributed by atoms with van der Waals surface area (Å²) < 4.78 is 10.3. The van der Waals surface area contributed by atoms with E-state index in [1.807, 2.05) is 6.92 Å². The zero-order chi connectivity index (χ0) is 12.2. The second-order valence-electron chi connectivity index (χ2n) is 5.75. The Morgan fingerprint density at radius 2 is 2.06 bits per heavy atom. The summed E-state index contributed by atoms with van der Waals surface area (Å²) in [5.74, 6) is 0.618. The lowest BCUT2D eigenvalue weighted by Crippen LogP contribution is -2.34. The van der Waals surface area contributed by atoms with Crippen molar-refractivity contribution in [3.05, 3.63) is 0 Å². The number of hydrogen-bond acceptors (Lipinski definition) is 3. The second kappa shape index (κ2) is 5.55. The molecule has 2 unspecified atom stereocenters. The van der Waals surface area contributed by atoms with Crippen molar-refractivity contribution < 1.29 is 14.3 Å². The predicted octanol–water partition coefficient (Wildman–Crippen LogP) is 3.76. The summed E-state index contributed by atoms with van der Waals surface area (Å²) >= 11 is 0. The third kappa shape index (κ3) is 4.42. The normalized spacial score (nSPS) is 28.5. The lowest BCUT2D eigenvalue weighted by atomic mass is 9.71. The van der Waals surface area contributed by atoms with Crippen LogP contribution in [-0.2, 0) is 9.47 Å². The van der Waals surface area contributed by atoms with Crippen LogP contribution in [0, 0.1) is 11.3 Å². The molecular weight excluding hydrogens is 204 g/mol. The minimum absolute atomic E-state index is 0.0307. The van der Waals surface area contributed by atoms with Gasteiger partial charge in [0.25, 0.3) is 0 Å². The zero-order valence-corrected chi connectivity index (χ0v) is 10.9. The molecule has 1 saturated carbocycles. The summed E-state index contributed by atoms with van der Waals surface area (Å²) in [4.78, 5) is 11.3. The van der Waals surface area contributed by atoms with Crippen molar-refractivity contribution in [2.24, 2.45) is 11.3 Å². The molecule has 0 saturated heterocycles. The summed E-state index contributed by atoms with van der Waals surface area (Å²) in [6, 6.07) is 0. The van der Waals surface area contributed by atoms with E-state index in [1.165, 1.54) is 6.42 Å². The van der Waals surface area contributed by atoms with E-state index in [-0.39, 0.29) is 11.5 Å². The van der Waals surface area contributed by atoms with Crippen LogP contribution in [-0.4, -0.2) is 18.9 Å². The van der Waals surface area contributed by atoms with E-state index in [2.05, 4.69) is 20.8 Å². The molecule has 1 aliphatic carbocycles. The molecule has 0 aromatic heterocycles. The van der Waals surface area contributed by atoms with Gasteiger partial charge >= 0.3 is 6.16 Å². The van der Waals surface area contributed by atoms with Crippen LogP contribution >= 0.6 is 0 Å². The smallest absolute Gasteiger partial charge is 0.434 e. The van der Waals surface area contributed by atoms with Crippen molar-refractivity contribution in [3.63, 3.8) is 0 Å². The Morgan fingerprint density at radius 3 is 2.62 bits per heavy atom. The number of carbonyl (C=O) groups is 1. The van der Waals surface area contributed by atoms with Crippen LogP contribution in [0.1, 0.15) is 53.4 Å². The largest absolute Gasteiger partial charge is 0.508 e. The number of hydrogen-bond donors (Lipinski definition) is 0. The molecule has 1 fully saturated rings. The lowest BCUT2D eigenvalue weighted by molar-refractivity contribution is -0.0202. The van der Waals surface area contributed by atoms with Gasteiger partial charge in [0.05, 0.1) is 6.61 Å². The molecule has 0 N–H and O–H groups in total. The molecule has 0 bridgehead atoms. The van der Waals surface area contributed by atoms with Crippen molar-refractivity contribution in [1.29, 1.82) is 0 Å². The number of rotatable bonds is 3. The van der Waals surface area contributed by atoms with Gasteiger partial charge in [0.2, 0.25) is 0 Å². The van der Waals surface area contributed by atoms with Gasteiger partial charge in [-0.25, -0.2) is 4.79 Å². The molecule has 2 atom stereocenters. The Bertz CT molecular complexity index is 235. The molecule has 0 radical (unpaired) electrons. The topological polar surface area (TPSA) is 35.5 Å². The quantitative estimate of drug-likeness (QED) is 0.690. The van der Waals surface area contributed by atoms with Crippen LogP contribution in [0.5, 0.6) is 0 Å². The average Bonchev–Trinajstić information content (AvgIpc) is 2.11. The number of ether oxygens (including phenoxy) is 2. The first-order valence-corrected chi connectivity index (χ1v) is 6.26. The minimum Gasteiger partial charge on any atom is -0.434 e. The highest BCUT2D eigenvalue weighted by molar-refractivity contribution is 5.60. The second-order valence-corrected chi connectivity index (χ2v) is 5.75. The highest BCUT2D eigenvalue weighted by Gasteiger charge is 2.34. The molecule has 0 aromatic carbocycles. The molecule has 1 aliphatic rings. The fourth-order valence-electron chi connectivity index (χ4n) is 2.70. The fourth-order valence-corrected chi connectivity index (χ4v) is 2.70. The molecule has 94 valence electrons. The van der Waals surface area contributed by atoms with Crippen LogP contribution in [0.4, 0.5) is 4.79 Å². The standard InChI is InChI=1S/C13H24O3/c1-5-6-15-12(14)16-11-7-10(2)8-13(3,4)9-11/h10-11H,5-9H2,1-4H3. The van der Waals surface area contributed by atoms with E-state index in [0.717, 1.165) is 19.3 Å². The SMILES string of the molecule is CCCOC(=O)OC1CC(C)CC(C)(C)C1.